The van der Waals surface area contributed by atoms with Crippen molar-refractivity contribution in [1.82, 2.24) is 4.90 Å². The first-order valence-electron chi connectivity index (χ1n) is 6.86. The number of carbonyl (C=O) groups is 1. The molecule has 0 aliphatic carbocycles. The molecule has 2 heterocycles. The summed E-state index contributed by atoms with van der Waals surface area (Å²) < 4.78 is 10.1. The van der Waals surface area contributed by atoms with Crippen LogP contribution in [0, 0.1) is 0 Å². The largest absolute Gasteiger partial charge is 0.411 e. The molecule has 2 aliphatic heterocycles. The third kappa shape index (κ3) is 2.86. The van der Waals surface area contributed by atoms with Crippen LogP contribution in [0.3, 0.4) is 0 Å². The molecule has 0 radical (unpaired) electrons. The molecule has 1 amide bonds. The Kier molecular flexibility index (Phi) is 3.75. The summed E-state index contributed by atoms with van der Waals surface area (Å²) in [5.41, 5.74) is 6.13. The Morgan fingerprint density at radius 1 is 1.15 bits per heavy atom. The van der Waals surface area contributed by atoms with Crippen molar-refractivity contribution in [2.45, 2.75) is 6.04 Å². The minimum atomic E-state index is -0.783. The first-order chi connectivity index (χ1) is 9.72. The fourth-order valence-electron chi connectivity index (χ4n) is 2.62. The van der Waals surface area contributed by atoms with Crippen LogP contribution in [0.2, 0.25) is 0 Å². The number of piperazine rings is 1. The van der Waals surface area contributed by atoms with Gasteiger partial charge in [-0.25, -0.2) is 4.79 Å². The highest BCUT2D eigenvalue weighted by molar-refractivity contribution is 5.68. The van der Waals surface area contributed by atoms with Crippen molar-refractivity contribution < 1.29 is 14.3 Å². The maximum atomic E-state index is 10.7. The highest BCUT2D eigenvalue weighted by Crippen LogP contribution is 2.22. The lowest BCUT2D eigenvalue weighted by Gasteiger charge is -2.43. The molecule has 0 unspecified atom stereocenters. The number of amides is 1. The molecule has 0 atom stereocenters. The minimum absolute atomic E-state index is 0.478. The average Bonchev–Trinajstić information content (AvgIpc) is 2.38. The Labute approximate surface area is 118 Å². The standard InChI is InChI=1S/C14H19N3O3/c15-14(18)20-13-3-1-11(2-4-13)16-5-7-17(8-6-16)12-9-19-10-12/h1-4,12H,5-10H2,(H2,15,18). The topological polar surface area (TPSA) is 68.0 Å². The van der Waals surface area contributed by atoms with Crippen LogP contribution in [0.4, 0.5) is 10.5 Å². The molecule has 6 heteroatoms. The molecule has 0 bridgehead atoms. The molecular formula is C14H19N3O3. The van der Waals surface area contributed by atoms with Crippen molar-refractivity contribution in [3.05, 3.63) is 24.3 Å². The second-order valence-corrected chi connectivity index (χ2v) is 5.13. The number of nitrogens with two attached hydrogens (primary N) is 1. The van der Waals surface area contributed by atoms with E-state index in [9.17, 15) is 4.79 Å². The quantitative estimate of drug-likeness (QED) is 0.879. The summed E-state index contributed by atoms with van der Waals surface area (Å²) in [5, 5.41) is 0. The molecule has 2 N–H and O–H groups in total. The zero-order chi connectivity index (χ0) is 13.9. The van der Waals surface area contributed by atoms with Gasteiger partial charge in [-0.1, -0.05) is 0 Å². The maximum Gasteiger partial charge on any atom is 0.409 e. The maximum absolute atomic E-state index is 10.7. The summed E-state index contributed by atoms with van der Waals surface area (Å²) in [5.74, 6) is 0.478. The number of nitrogens with zero attached hydrogens (tertiary/aromatic N) is 2. The van der Waals surface area contributed by atoms with E-state index in [0.29, 0.717) is 11.8 Å². The molecule has 3 rings (SSSR count). The zero-order valence-electron chi connectivity index (χ0n) is 11.3. The van der Waals surface area contributed by atoms with Gasteiger partial charge in [-0.05, 0) is 24.3 Å². The Morgan fingerprint density at radius 3 is 2.30 bits per heavy atom. The third-order valence-electron chi connectivity index (χ3n) is 3.87. The fraction of sp³-hybridized carbons (Fsp3) is 0.500. The van der Waals surface area contributed by atoms with Crippen LogP contribution in [0.5, 0.6) is 5.75 Å². The van der Waals surface area contributed by atoms with Crippen LogP contribution in [0.15, 0.2) is 24.3 Å². The Balaban J connectivity index is 1.55. The first-order valence-corrected chi connectivity index (χ1v) is 6.86. The number of primary amides is 1. The Bertz CT molecular complexity index is 465. The molecule has 2 aliphatic rings. The summed E-state index contributed by atoms with van der Waals surface area (Å²) >= 11 is 0. The summed E-state index contributed by atoms with van der Waals surface area (Å²) in [4.78, 5) is 15.5. The summed E-state index contributed by atoms with van der Waals surface area (Å²) in [6, 6.07) is 8.07. The SMILES string of the molecule is NC(=O)Oc1ccc(N2CCN(C3COC3)CC2)cc1. The molecule has 6 nitrogen and oxygen atoms in total. The fourth-order valence-corrected chi connectivity index (χ4v) is 2.62. The normalized spacial score (nSPS) is 20.5. The summed E-state index contributed by atoms with van der Waals surface area (Å²) in [6.45, 7) is 5.89. The van der Waals surface area contributed by atoms with Gasteiger partial charge in [0, 0.05) is 31.9 Å². The Morgan fingerprint density at radius 2 is 1.80 bits per heavy atom. The van der Waals surface area contributed by atoms with E-state index in [4.69, 9.17) is 15.2 Å². The molecular weight excluding hydrogens is 258 g/mol. The van der Waals surface area contributed by atoms with Crippen molar-refractivity contribution in [2.24, 2.45) is 5.73 Å². The van der Waals surface area contributed by atoms with E-state index >= 15 is 0 Å². The first kappa shape index (κ1) is 13.2. The van der Waals surface area contributed by atoms with E-state index in [1.54, 1.807) is 12.1 Å². The van der Waals surface area contributed by atoms with Gasteiger partial charge in [-0.2, -0.15) is 0 Å². The molecule has 0 saturated carbocycles. The number of ether oxygens (including phenoxy) is 2. The van der Waals surface area contributed by atoms with Crippen molar-refractivity contribution in [3.63, 3.8) is 0 Å². The van der Waals surface area contributed by atoms with Gasteiger partial charge in [0.25, 0.3) is 0 Å². The lowest BCUT2D eigenvalue weighted by Crippen LogP contribution is -2.56. The van der Waals surface area contributed by atoms with E-state index in [2.05, 4.69) is 9.80 Å². The molecule has 0 aromatic heterocycles. The van der Waals surface area contributed by atoms with Gasteiger partial charge >= 0.3 is 6.09 Å². The molecule has 1 aromatic carbocycles. The van der Waals surface area contributed by atoms with Crippen LogP contribution >= 0.6 is 0 Å². The van der Waals surface area contributed by atoms with Gasteiger partial charge < -0.3 is 20.1 Å². The van der Waals surface area contributed by atoms with Crippen molar-refractivity contribution in [2.75, 3.05) is 44.3 Å². The van der Waals surface area contributed by atoms with E-state index in [-0.39, 0.29) is 0 Å². The molecule has 108 valence electrons. The predicted octanol–water partition coefficient (Wildman–Crippen LogP) is 0.665. The molecule has 0 spiro atoms. The highest BCUT2D eigenvalue weighted by Gasteiger charge is 2.28. The monoisotopic (exact) mass is 277 g/mol. The number of hydrogen-bond donors (Lipinski definition) is 1. The molecule has 20 heavy (non-hydrogen) atoms. The minimum Gasteiger partial charge on any atom is -0.411 e. The van der Waals surface area contributed by atoms with E-state index in [1.165, 1.54) is 0 Å². The van der Waals surface area contributed by atoms with E-state index in [1.807, 2.05) is 12.1 Å². The number of carbonyl (C=O) groups excluding carboxylic acids is 1. The van der Waals surface area contributed by atoms with Gasteiger partial charge in [0.1, 0.15) is 5.75 Å². The van der Waals surface area contributed by atoms with Gasteiger partial charge in [0.2, 0.25) is 0 Å². The molecule has 1 aromatic rings. The van der Waals surface area contributed by atoms with Gasteiger partial charge in [0.05, 0.1) is 19.3 Å². The molecule has 2 fully saturated rings. The van der Waals surface area contributed by atoms with Crippen LogP contribution in [-0.4, -0.2) is 56.4 Å². The number of hydrogen-bond acceptors (Lipinski definition) is 5. The van der Waals surface area contributed by atoms with Crippen molar-refractivity contribution in [1.29, 1.82) is 0 Å². The van der Waals surface area contributed by atoms with Crippen LogP contribution in [-0.2, 0) is 4.74 Å². The second kappa shape index (κ2) is 5.68. The molecule has 2 saturated heterocycles. The lowest BCUT2D eigenvalue weighted by atomic mass is 10.1. The second-order valence-electron chi connectivity index (χ2n) is 5.13. The van der Waals surface area contributed by atoms with Gasteiger partial charge in [-0.15, -0.1) is 0 Å². The lowest BCUT2D eigenvalue weighted by molar-refractivity contribution is -0.0660. The van der Waals surface area contributed by atoms with Gasteiger partial charge in [-0.3, -0.25) is 4.90 Å². The van der Waals surface area contributed by atoms with Crippen molar-refractivity contribution >= 4 is 11.8 Å². The van der Waals surface area contributed by atoms with Crippen molar-refractivity contribution in [3.8, 4) is 5.75 Å². The Hall–Kier alpha value is -1.79. The van der Waals surface area contributed by atoms with Gasteiger partial charge in [0.15, 0.2) is 0 Å². The average molecular weight is 277 g/mol. The highest BCUT2D eigenvalue weighted by atomic mass is 16.5. The summed E-state index contributed by atoms with van der Waals surface area (Å²) in [6.07, 6.45) is -0.783. The number of anilines is 1. The summed E-state index contributed by atoms with van der Waals surface area (Å²) in [7, 11) is 0. The number of benzene rings is 1. The van der Waals surface area contributed by atoms with Crippen LogP contribution in [0.25, 0.3) is 0 Å². The zero-order valence-corrected chi connectivity index (χ0v) is 11.3. The predicted molar refractivity (Wildman–Crippen MR) is 75.0 cm³/mol. The third-order valence-corrected chi connectivity index (χ3v) is 3.87. The van der Waals surface area contributed by atoms with E-state index in [0.717, 1.165) is 45.1 Å². The smallest absolute Gasteiger partial charge is 0.409 e. The number of rotatable bonds is 3. The van der Waals surface area contributed by atoms with E-state index < -0.39 is 6.09 Å². The van der Waals surface area contributed by atoms with Crippen LogP contribution in [0.1, 0.15) is 0 Å². The van der Waals surface area contributed by atoms with Crippen LogP contribution < -0.4 is 15.4 Å².